The summed E-state index contributed by atoms with van der Waals surface area (Å²) in [5, 5.41) is 10.1. The molecular formula is C18H25N5O3S. The Kier molecular flexibility index (Phi) is 6.57. The van der Waals surface area contributed by atoms with Gasteiger partial charge in [0.2, 0.25) is 17.7 Å². The zero-order valence-electron chi connectivity index (χ0n) is 15.8. The van der Waals surface area contributed by atoms with Gasteiger partial charge in [-0.2, -0.15) is 0 Å². The molecule has 0 unspecified atom stereocenters. The van der Waals surface area contributed by atoms with Crippen LogP contribution in [0.4, 0.5) is 0 Å². The van der Waals surface area contributed by atoms with Gasteiger partial charge in [0, 0.05) is 39.6 Å². The van der Waals surface area contributed by atoms with Crippen LogP contribution in [0.1, 0.15) is 26.2 Å². The van der Waals surface area contributed by atoms with Gasteiger partial charge in [-0.15, -0.1) is 21.5 Å². The number of aromatic nitrogens is 2. The predicted molar refractivity (Wildman–Crippen MR) is 102 cm³/mol. The first-order valence-corrected chi connectivity index (χ1v) is 10.1. The lowest BCUT2D eigenvalue weighted by Gasteiger charge is -2.34. The van der Waals surface area contributed by atoms with Crippen molar-refractivity contribution in [1.29, 1.82) is 0 Å². The van der Waals surface area contributed by atoms with E-state index in [-0.39, 0.29) is 11.8 Å². The quantitative estimate of drug-likeness (QED) is 0.714. The largest absolute Gasteiger partial charge is 0.418 e. The van der Waals surface area contributed by atoms with E-state index in [4.69, 9.17) is 4.42 Å². The molecule has 0 bridgehead atoms. The summed E-state index contributed by atoms with van der Waals surface area (Å²) < 4.78 is 5.72. The fraction of sp³-hybridized carbons (Fsp3) is 0.556. The van der Waals surface area contributed by atoms with Gasteiger partial charge in [-0.25, -0.2) is 0 Å². The summed E-state index contributed by atoms with van der Waals surface area (Å²) in [6, 6.07) is 3.86. The van der Waals surface area contributed by atoms with Crippen LogP contribution in [0.3, 0.4) is 0 Å². The first-order valence-electron chi connectivity index (χ1n) is 9.18. The van der Waals surface area contributed by atoms with E-state index in [9.17, 15) is 9.59 Å². The highest BCUT2D eigenvalue weighted by Crippen LogP contribution is 2.23. The van der Waals surface area contributed by atoms with Crippen molar-refractivity contribution in [2.45, 2.75) is 26.8 Å². The smallest absolute Gasteiger partial charge is 0.257 e. The molecule has 146 valence electrons. The van der Waals surface area contributed by atoms with Crippen molar-refractivity contribution in [2.75, 3.05) is 39.3 Å². The van der Waals surface area contributed by atoms with E-state index in [1.807, 2.05) is 29.3 Å². The van der Waals surface area contributed by atoms with Crippen molar-refractivity contribution in [3.8, 4) is 10.8 Å². The number of hydrogen-bond donors (Lipinski definition) is 0. The Balaban J connectivity index is 1.57. The molecule has 8 nitrogen and oxygen atoms in total. The number of piperazine rings is 1. The van der Waals surface area contributed by atoms with E-state index in [1.165, 1.54) is 11.3 Å². The highest BCUT2D eigenvalue weighted by molar-refractivity contribution is 7.13. The third-order valence-electron chi connectivity index (χ3n) is 4.55. The summed E-state index contributed by atoms with van der Waals surface area (Å²) in [7, 11) is 0. The molecule has 3 rings (SSSR count). The average molecular weight is 391 g/mol. The summed E-state index contributed by atoms with van der Waals surface area (Å²) in [5.74, 6) is 1.07. The maximum Gasteiger partial charge on any atom is 0.257 e. The monoisotopic (exact) mass is 391 g/mol. The fourth-order valence-electron chi connectivity index (χ4n) is 3.05. The van der Waals surface area contributed by atoms with E-state index in [0.717, 1.165) is 11.3 Å². The number of carbonyl (C=O) groups is 2. The van der Waals surface area contributed by atoms with Crippen LogP contribution in [0.5, 0.6) is 0 Å². The Morgan fingerprint density at radius 1 is 1.26 bits per heavy atom. The second-order valence-electron chi connectivity index (χ2n) is 6.58. The van der Waals surface area contributed by atoms with Crippen molar-refractivity contribution in [1.82, 2.24) is 24.9 Å². The highest BCUT2D eigenvalue weighted by atomic mass is 32.1. The molecule has 27 heavy (non-hydrogen) atoms. The van der Waals surface area contributed by atoms with Gasteiger partial charge in [0.15, 0.2) is 0 Å². The standard InChI is InChI=1S/C18H25N5O3S/c1-3-6-23(12-16-19-20-18(26-16)15-5-4-11-27-15)17(25)13-21-7-9-22(10-8-21)14(2)24/h4-5,11H,3,6-10,12-13H2,1-2H3. The van der Waals surface area contributed by atoms with Gasteiger partial charge in [-0.1, -0.05) is 13.0 Å². The summed E-state index contributed by atoms with van der Waals surface area (Å²) in [6.45, 7) is 7.70. The lowest BCUT2D eigenvalue weighted by molar-refractivity contribution is -0.135. The third-order valence-corrected chi connectivity index (χ3v) is 5.41. The Labute approximate surface area is 162 Å². The summed E-state index contributed by atoms with van der Waals surface area (Å²) in [6.07, 6.45) is 0.857. The molecule has 0 spiro atoms. The van der Waals surface area contributed by atoms with E-state index < -0.39 is 0 Å². The maximum absolute atomic E-state index is 12.8. The molecule has 0 saturated carbocycles. The van der Waals surface area contributed by atoms with E-state index in [1.54, 1.807) is 11.8 Å². The molecule has 0 radical (unpaired) electrons. The van der Waals surface area contributed by atoms with Crippen molar-refractivity contribution in [3.05, 3.63) is 23.4 Å². The molecule has 1 fully saturated rings. The molecule has 2 aromatic rings. The average Bonchev–Trinajstić information content (AvgIpc) is 3.33. The van der Waals surface area contributed by atoms with Crippen LogP contribution < -0.4 is 0 Å². The Bertz CT molecular complexity index is 753. The van der Waals surface area contributed by atoms with Crippen molar-refractivity contribution in [3.63, 3.8) is 0 Å². The number of hydrogen-bond acceptors (Lipinski definition) is 7. The zero-order valence-corrected chi connectivity index (χ0v) is 16.6. The molecule has 3 heterocycles. The van der Waals surface area contributed by atoms with E-state index in [2.05, 4.69) is 15.1 Å². The maximum atomic E-state index is 12.8. The minimum Gasteiger partial charge on any atom is -0.418 e. The molecule has 0 aliphatic carbocycles. The van der Waals surface area contributed by atoms with Crippen LogP contribution in [0.25, 0.3) is 10.8 Å². The van der Waals surface area contributed by atoms with Crippen LogP contribution in [0.2, 0.25) is 0 Å². The molecule has 0 atom stereocenters. The number of thiophene rings is 1. The second kappa shape index (κ2) is 9.09. The number of amides is 2. The van der Waals surface area contributed by atoms with Gasteiger partial charge < -0.3 is 14.2 Å². The summed E-state index contributed by atoms with van der Waals surface area (Å²) >= 11 is 1.54. The molecular weight excluding hydrogens is 366 g/mol. The van der Waals surface area contributed by atoms with Crippen molar-refractivity contribution in [2.24, 2.45) is 0 Å². The number of carbonyl (C=O) groups excluding carboxylic acids is 2. The lowest BCUT2D eigenvalue weighted by Crippen LogP contribution is -2.51. The van der Waals surface area contributed by atoms with Crippen molar-refractivity contribution >= 4 is 23.2 Å². The van der Waals surface area contributed by atoms with E-state index >= 15 is 0 Å². The molecule has 9 heteroatoms. The predicted octanol–water partition coefficient (Wildman–Crippen LogP) is 1.70. The zero-order chi connectivity index (χ0) is 19.2. The fourth-order valence-corrected chi connectivity index (χ4v) is 3.70. The van der Waals surface area contributed by atoms with Gasteiger partial charge in [0.05, 0.1) is 18.0 Å². The van der Waals surface area contributed by atoms with E-state index in [0.29, 0.717) is 57.6 Å². The molecule has 0 aromatic carbocycles. The normalized spacial score (nSPS) is 15.1. The van der Waals surface area contributed by atoms with Crippen LogP contribution in [-0.4, -0.2) is 76.0 Å². The SMILES string of the molecule is CCCN(Cc1nnc(-c2cccs2)o1)C(=O)CN1CCN(C(C)=O)CC1. The van der Waals surface area contributed by atoms with Crippen LogP contribution >= 0.6 is 11.3 Å². The molecule has 0 N–H and O–H groups in total. The molecule has 1 aliphatic heterocycles. The second-order valence-corrected chi connectivity index (χ2v) is 7.52. The van der Waals surface area contributed by atoms with Gasteiger partial charge in [0.1, 0.15) is 0 Å². The van der Waals surface area contributed by atoms with Gasteiger partial charge in [0.25, 0.3) is 5.89 Å². The van der Waals surface area contributed by atoms with Crippen molar-refractivity contribution < 1.29 is 14.0 Å². The first-order chi connectivity index (χ1) is 13.1. The minimum atomic E-state index is 0.0454. The molecule has 2 aromatic heterocycles. The Morgan fingerprint density at radius 3 is 2.67 bits per heavy atom. The number of nitrogens with zero attached hydrogens (tertiary/aromatic N) is 5. The van der Waals surface area contributed by atoms with Gasteiger partial charge >= 0.3 is 0 Å². The topological polar surface area (TPSA) is 82.8 Å². The Morgan fingerprint density at radius 2 is 2.04 bits per heavy atom. The number of rotatable bonds is 7. The van der Waals surface area contributed by atoms with Gasteiger partial charge in [-0.3, -0.25) is 14.5 Å². The molecule has 2 amide bonds. The first kappa shape index (κ1) is 19.5. The molecule has 1 aliphatic rings. The minimum absolute atomic E-state index is 0.0454. The highest BCUT2D eigenvalue weighted by Gasteiger charge is 2.23. The lowest BCUT2D eigenvalue weighted by atomic mass is 10.3. The van der Waals surface area contributed by atoms with Crippen LogP contribution in [0.15, 0.2) is 21.9 Å². The van der Waals surface area contributed by atoms with Crippen LogP contribution in [-0.2, 0) is 16.1 Å². The summed E-state index contributed by atoms with van der Waals surface area (Å²) in [4.78, 5) is 30.8. The summed E-state index contributed by atoms with van der Waals surface area (Å²) in [5.41, 5.74) is 0. The van der Waals surface area contributed by atoms with Gasteiger partial charge in [-0.05, 0) is 17.9 Å². The molecule has 1 saturated heterocycles. The van der Waals surface area contributed by atoms with Crippen LogP contribution in [0, 0.1) is 0 Å². The third kappa shape index (κ3) is 5.14. The Hall–Kier alpha value is -2.26.